The van der Waals surface area contributed by atoms with Crippen molar-refractivity contribution in [3.8, 4) is 0 Å². The number of carbonyl (C=O) groups excluding carboxylic acids is 1. The lowest BCUT2D eigenvalue weighted by atomic mass is 10.4. The Hall–Kier alpha value is -1.41. The van der Waals surface area contributed by atoms with Gasteiger partial charge in [0.15, 0.2) is 14.8 Å². The van der Waals surface area contributed by atoms with Gasteiger partial charge in [-0.05, 0) is 0 Å². The summed E-state index contributed by atoms with van der Waals surface area (Å²) >= 11 is 0. The summed E-state index contributed by atoms with van der Waals surface area (Å²) in [5.41, 5.74) is 5.33. The zero-order valence-corrected chi connectivity index (χ0v) is 9.75. The number of hydrogen-bond donors (Lipinski definition) is 3. The average molecular weight is 247 g/mol. The van der Waals surface area contributed by atoms with Crippen LogP contribution in [0.3, 0.4) is 0 Å². The molecular weight excluding hydrogens is 232 g/mol. The molecule has 0 bridgehead atoms. The molecular formula is C8H15N4O3S+. The van der Waals surface area contributed by atoms with Crippen molar-refractivity contribution in [2.45, 2.75) is 13.3 Å². The summed E-state index contributed by atoms with van der Waals surface area (Å²) in [5, 5.41) is 5.45. The third-order valence-electron chi connectivity index (χ3n) is 1.81. The van der Waals surface area contributed by atoms with E-state index in [4.69, 9.17) is 15.6 Å². The third kappa shape index (κ3) is 3.04. The molecule has 1 aliphatic rings. The van der Waals surface area contributed by atoms with Crippen molar-refractivity contribution in [2.24, 2.45) is 15.2 Å². The summed E-state index contributed by atoms with van der Waals surface area (Å²) in [4.78, 5) is 13.7. The number of nitrogens with two attached hydrogens (primary N) is 2. The van der Waals surface area contributed by atoms with Gasteiger partial charge >= 0.3 is 5.90 Å². The highest BCUT2D eigenvalue weighted by atomic mass is 32.2. The first-order chi connectivity index (χ1) is 7.47. The van der Waals surface area contributed by atoms with Crippen molar-refractivity contribution in [3.63, 3.8) is 0 Å². The molecule has 1 amide bonds. The van der Waals surface area contributed by atoms with Crippen LogP contribution in [0.15, 0.2) is 15.5 Å². The van der Waals surface area contributed by atoms with Gasteiger partial charge in [0, 0.05) is 19.5 Å². The molecule has 0 aromatic rings. The van der Waals surface area contributed by atoms with E-state index in [-0.39, 0.29) is 10.8 Å². The summed E-state index contributed by atoms with van der Waals surface area (Å²) < 4.78 is 20.5. The van der Waals surface area contributed by atoms with Gasteiger partial charge in [0.2, 0.25) is 0 Å². The van der Waals surface area contributed by atoms with Crippen molar-refractivity contribution in [1.82, 2.24) is 0 Å². The summed E-state index contributed by atoms with van der Waals surface area (Å²) in [6.45, 7) is 2.32. The van der Waals surface area contributed by atoms with Crippen LogP contribution >= 0.6 is 0 Å². The van der Waals surface area contributed by atoms with E-state index in [1.54, 1.807) is 0 Å². The van der Waals surface area contributed by atoms with Crippen molar-refractivity contribution in [3.05, 3.63) is 11.1 Å². The largest absolute Gasteiger partial charge is 0.443 e. The van der Waals surface area contributed by atoms with E-state index in [9.17, 15) is 9.00 Å². The fourth-order valence-corrected chi connectivity index (χ4v) is 2.28. The molecule has 16 heavy (non-hydrogen) atoms. The van der Waals surface area contributed by atoms with E-state index in [0.29, 0.717) is 13.2 Å². The Morgan fingerprint density at radius 3 is 2.81 bits per heavy atom. The molecule has 90 valence electrons. The maximum atomic E-state index is 11.9. The highest BCUT2D eigenvalue weighted by molar-refractivity contribution is 7.96. The third-order valence-corrected chi connectivity index (χ3v) is 3.29. The fourth-order valence-electron chi connectivity index (χ4n) is 1.20. The molecule has 1 aliphatic heterocycles. The molecule has 0 aromatic carbocycles. The number of nitrogens with zero attached hydrogens (tertiary/aromatic N) is 1. The monoisotopic (exact) mass is 247 g/mol. The van der Waals surface area contributed by atoms with Crippen LogP contribution in [0.25, 0.3) is 0 Å². The standard InChI is InChI=1S/C8H14N4O3S/c1-6(13)12-16(10,14)7(5-9)8-11-3-2-4-15-8/h5H,2-4,9H2,1H3,(H2,10,12,13,14)/p+1/b7-5+. The quantitative estimate of drug-likeness (QED) is 0.502. The number of hydrogen-bond acceptors (Lipinski definition) is 4. The van der Waals surface area contributed by atoms with Crippen molar-refractivity contribution in [1.29, 1.82) is 0 Å². The van der Waals surface area contributed by atoms with Gasteiger partial charge in [-0.25, -0.2) is 14.3 Å². The number of amides is 1. The van der Waals surface area contributed by atoms with Gasteiger partial charge in [-0.3, -0.25) is 4.79 Å². The number of rotatable bonds is 2. The second kappa shape index (κ2) is 5.08. The lowest BCUT2D eigenvalue weighted by Crippen LogP contribution is -2.76. The Bertz CT molecular complexity index is 460. The van der Waals surface area contributed by atoms with E-state index >= 15 is 0 Å². The Morgan fingerprint density at radius 1 is 1.69 bits per heavy atom. The fraction of sp³-hybridized carbons (Fsp3) is 0.500. The maximum Gasteiger partial charge on any atom is 0.381 e. The molecule has 1 rings (SSSR count). The second-order valence-corrected chi connectivity index (χ2v) is 4.93. The summed E-state index contributed by atoms with van der Waals surface area (Å²) in [7, 11) is -3.33. The topological polar surface area (TPSA) is 122 Å². The molecule has 1 unspecified atom stereocenters. The molecule has 0 fully saturated rings. The first-order valence-corrected chi connectivity index (χ1v) is 6.26. The summed E-state index contributed by atoms with van der Waals surface area (Å²) in [5.74, 6) is -0.394. The molecule has 1 heterocycles. The Morgan fingerprint density at radius 2 is 2.38 bits per heavy atom. The average Bonchev–Trinajstić information content (AvgIpc) is 2.17. The molecule has 1 atom stereocenters. The first-order valence-electron chi connectivity index (χ1n) is 4.69. The van der Waals surface area contributed by atoms with E-state index in [1.165, 1.54) is 6.92 Å². The van der Waals surface area contributed by atoms with Crippen LogP contribution in [0.1, 0.15) is 13.3 Å². The second-order valence-electron chi connectivity index (χ2n) is 3.17. The molecule has 0 saturated heterocycles. The predicted molar refractivity (Wildman–Crippen MR) is 59.1 cm³/mol. The smallest absolute Gasteiger partial charge is 0.381 e. The predicted octanol–water partition coefficient (Wildman–Crippen LogP) is -2.43. The Kier molecular flexibility index (Phi) is 4.02. The minimum absolute atomic E-state index is 0.0161. The highest BCUT2D eigenvalue weighted by Crippen LogP contribution is 2.06. The van der Waals surface area contributed by atoms with E-state index < -0.39 is 15.8 Å². The molecule has 0 saturated carbocycles. The summed E-state index contributed by atoms with van der Waals surface area (Å²) in [6.07, 6.45) is 1.87. The maximum absolute atomic E-state index is 11.9. The van der Waals surface area contributed by atoms with Crippen LogP contribution in [-0.4, -0.2) is 29.2 Å². The van der Waals surface area contributed by atoms with Crippen LogP contribution in [0, 0.1) is 0 Å². The molecule has 7 nitrogen and oxygen atoms in total. The van der Waals surface area contributed by atoms with Crippen LogP contribution in [0.5, 0.6) is 0 Å². The van der Waals surface area contributed by atoms with Gasteiger partial charge < -0.3 is 10.5 Å². The van der Waals surface area contributed by atoms with Crippen molar-refractivity contribution < 1.29 is 18.7 Å². The highest BCUT2D eigenvalue weighted by Gasteiger charge is 2.26. The van der Waals surface area contributed by atoms with Gasteiger partial charge in [-0.1, -0.05) is 0 Å². The summed E-state index contributed by atoms with van der Waals surface area (Å²) in [6, 6.07) is 0. The number of carbonyl (C=O) groups is 1. The zero-order chi connectivity index (χ0) is 12.2. The Labute approximate surface area is 93.9 Å². The van der Waals surface area contributed by atoms with Gasteiger partial charge in [-0.2, -0.15) is 0 Å². The van der Waals surface area contributed by atoms with Gasteiger partial charge in [0.1, 0.15) is 13.2 Å². The number of nitrogens with one attached hydrogen (secondary N) is 1. The van der Waals surface area contributed by atoms with Crippen LogP contribution < -0.4 is 15.9 Å². The number of ether oxygens (including phenoxy) is 1. The van der Waals surface area contributed by atoms with Gasteiger partial charge in [0.05, 0.1) is 0 Å². The van der Waals surface area contributed by atoms with Crippen molar-refractivity contribution >= 4 is 21.7 Å². The van der Waals surface area contributed by atoms with Gasteiger partial charge in [0.25, 0.3) is 5.91 Å². The molecule has 0 aromatic heterocycles. The SMILES string of the molecule is CC(=O)N=S(N)(=O)/C(=C/N)C1=[NH+]CCCO1. The van der Waals surface area contributed by atoms with Crippen LogP contribution in [-0.2, 0) is 19.4 Å². The Balaban J connectivity index is 3.14. The van der Waals surface area contributed by atoms with Crippen molar-refractivity contribution in [2.75, 3.05) is 13.2 Å². The van der Waals surface area contributed by atoms with E-state index in [2.05, 4.69) is 9.36 Å². The van der Waals surface area contributed by atoms with Crippen LogP contribution in [0.4, 0.5) is 0 Å². The minimum Gasteiger partial charge on any atom is -0.443 e. The lowest BCUT2D eigenvalue weighted by Gasteiger charge is -2.11. The van der Waals surface area contributed by atoms with Gasteiger partial charge in [-0.15, -0.1) is 4.36 Å². The molecule has 8 heteroatoms. The zero-order valence-electron chi connectivity index (χ0n) is 8.93. The molecule has 0 spiro atoms. The molecule has 0 radical (unpaired) electrons. The van der Waals surface area contributed by atoms with E-state index in [1.807, 2.05) is 0 Å². The van der Waals surface area contributed by atoms with E-state index in [0.717, 1.165) is 12.6 Å². The first kappa shape index (κ1) is 12.7. The molecule has 0 aliphatic carbocycles. The lowest BCUT2D eigenvalue weighted by molar-refractivity contribution is -0.476. The molecule has 5 N–H and O–H groups in total. The van der Waals surface area contributed by atoms with Crippen LogP contribution in [0.2, 0.25) is 0 Å². The minimum atomic E-state index is -3.33. The normalized spacial score (nSPS) is 20.4.